The first-order valence-electron chi connectivity index (χ1n) is 22.7. The molecule has 0 heterocycles. The minimum Gasteiger partial charge on any atom is -0.744 e. The summed E-state index contributed by atoms with van der Waals surface area (Å²) in [5, 5.41) is 0. The van der Waals surface area contributed by atoms with Gasteiger partial charge in [0.2, 0.25) is 0 Å². The fourth-order valence-corrected chi connectivity index (χ4v) is 9.13. The maximum Gasteiger partial charge on any atom is 2.00 e. The van der Waals surface area contributed by atoms with Crippen LogP contribution in [0.3, 0.4) is 0 Å². The Bertz CT molecular complexity index is 1810. The number of ether oxygens (including phenoxy) is 2. The zero-order chi connectivity index (χ0) is 43.3. The Morgan fingerprint density at radius 1 is 0.377 bits per heavy atom. The van der Waals surface area contributed by atoms with Gasteiger partial charge in [-0.3, -0.25) is 0 Å². The molecule has 4 aromatic rings. The maximum absolute atomic E-state index is 11.9. The van der Waals surface area contributed by atoms with Crippen LogP contribution in [0.5, 0.6) is 23.0 Å². The molecular weight excluding hydrogens is 833 g/mol. The molecule has 0 aromatic heterocycles. The second-order valence-corrected chi connectivity index (χ2v) is 18.4. The molecule has 11 heteroatoms. The van der Waals surface area contributed by atoms with E-state index in [9.17, 15) is 25.9 Å². The molecule has 0 fully saturated rings. The van der Waals surface area contributed by atoms with Crippen LogP contribution in [0.25, 0.3) is 0 Å². The third-order valence-corrected chi connectivity index (χ3v) is 12.6. The van der Waals surface area contributed by atoms with Crippen LogP contribution in [-0.4, -0.2) is 63.7 Å². The fourth-order valence-electron chi connectivity index (χ4n) is 7.43. The van der Waals surface area contributed by atoms with Crippen molar-refractivity contribution in [2.75, 3.05) is 0 Å². The molecule has 0 amide bonds. The van der Waals surface area contributed by atoms with E-state index in [-0.39, 0.29) is 59.0 Å². The van der Waals surface area contributed by atoms with Gasteiger partial charge in [0.25, 0.3) is 0 Å². The largest absolute Gasteiger partial charge is 2.00 e. The quantitative estimate of drug-likeness (QED) is 0.0287. The molecule has 8 nitrogen and oxygen atoms in total. The van der Waals surface area contributed by atoms with E-state index < -0.39 is 20.2 Å². The van der Waals surface area contributed by atoms with Crippen molar-refractivity contribution >= 4 is 58.0 Å². The molecule has 4 rings (SSSR count). The van der Waals surface area contributed by atoms with Gasteiger partial charge in [0, 0.05) is 0 Å². The molecule has 0 aliphatic rings. The normalized spacial score (nSPS) is 11.3. The third-order valence-electron chi connectivity index (χ3n) is 10.7. The van der Waals surface area contributed by atoms with Gasteiger partial charge in [-0.15, -0.1) is 0 Å². The number of hydrogen-bond acceptors (Lipinski definition) is 8. The number of unbranched alkanes of at least 4 members (excludes halogenated alkanes) is 20. The minimum absolute atomic E-state index is 0. The average molecular weight is 903 g/mol. The summed E-state index contributed by atoms with van der Waals surface area (Å²) >= 11 is 0. The van der Waals surface area contributed by atoms with E-state index in [4.69, 9.17) is 9.47 Å². The van der Waals surface area contributed by atoms with Gasteiger partial charge in [0.05, 0.1) is 0 Å². The van der Waals surface area contributed by atoms with Gasteiger partial charge in [0.1, 0.15) is 53.0 Å². The number of benzene rings is 4. The SMILES string of the molecule is CCCCCCCCCCCCCc1cccc(Oc2ccccc2)c1S(=O)(=O)[O-].CCCCCCCCCCCCCc1cccc(Oc2ccccc2)c1S(=O)(=O)[O-].[Ca+2]. The topological polar surface area (TPSA) is 133 Å². The zero-order valence-electron chi connectivity index (χ0n) is 37.0. The van der Waals surface area contributed by atoms with Gasteiger partial charge in [0.15, 0.2) is 0 Å². The molecule has 0 atom stereocenters. The van der Waals surface area contributed by atoms with Crippen molar-refractivity contribution in [3.8, 4) is 23.0 Å². The van der Waals surface area contributed by atoms with E-state index >= 15 is 0 Å². The predicted octanol–water partition coefficient (Wildman–Crippen LogP) is 14.1. The van der Waals surface area contributed by atoms with E-state index in [1.54, 1.807) is 84.9 Å². The standard InChI is InChI=1S/2C25H36O4S.Ca/c2*1-2-3-4-5-6-7-8-9-10-11-13-17-22-18-16-21-24(25(22)30(26,27)28)29-23-19-14-12-15-20-23;/h2*12,14-16,18-21H,2-11,13,17H2,1H3,(H,26,27,28);/q;;+2/p-2. The summed E-state index contributed by atoms with van der Waals surface area (Å²) in [4.78, 5) is -0.443. The predicted molar refractivity (Wildman–Crippen MR) is 248 cm³/mol. The number of hydrogen-bond donors (Lipinski definition) is 0. The van der Waals surface area contributed by atoms with Crippen LogP contribution in [0.2, 0.25) is 0 Å². The van der Waals surface area contributed by atoms with Gasteiger partial charge in [-0.2, -0.15) is 0 Å². The van der Waals surface area contributed by atoms with Gasteiger partial charge in [-0.05, 0) is 73.2 Å². The van der Waals surface area contributed by atoms with Crippen molar-refractivity contribution in [1.29, 1.82) is 0 Å². The Balaban J connectivity index is 0.000000413. The van der Waals surface area contributed by atoms with Crippen LogP contribution in [0, 0.1) is 0 Å². The molecule has 0 aliphatic heterocycles. The second kappa shape index (κ2) is 32.3. The van der Waals surface area contributed by atoms with Crippen molar-refractivity contribution in [2.45, 2.75) is 178 Å². The Morgan fingerprint density at radius 2 is 0.656 bits per heavy atom. The molecule has 0 aliphatic carbocycles. The second-order valence-electron chi connectivity index (χ2n) is 15.8. The zero-order valence-corrected chi connectivity index (χ0v) is 40.8. The molecule has 0 N–H and O–H groups in total. The van der Waals surface area contributed by atoms with Gasteiger partial charge in [-0.1, -0.05) is 203 Å². The molecular formula is C50H70CaO8S2. The number of para-hydroxylation sites is 2. The van der Waals surface area contributed by atoms with Crippen molar-refractivity contribution in [1.82, 2.24) is 0 Å². The Morgan fingerprint density at radius 3 is 0.934 bits per heavy atom. The molecule has 0 saturated heterocycles. The van der Waals surface area contributed by atoms with Crippen LogP contribution < -0.4 is 9.47 Å². The molecule has 0 unspecified atom stereocenters. The minimum atomic E-state index is -4.62. The van der Waals surface area contributed by atoms with Crippen LogP contribution in [0.4, 0.5) is 0 Å². The molecule has 61 heavy (non-hydrogen) atoms. The molecule has 0 bridgehead atoms. The summed E-state index contributed by atoms with van der Waals surface area (Å²) in [6, 6.07) is 27.9. The van der Waals surface area contributed by atoms with E-state index in [1.807, 2.05) is 12.1 Å². The van der Waals surface area contributed by atoms with E-state index in [0.29, 0.717) is 35.5 Å². The van der Waals surface area contributed by atoms with Crippen molar-refractivity contribution in [3.05, 3.63) is 108 Å². The maximum atomic E-state index is 11.9. The smallest absolute Gasteiger partial charge is 0.744 e. The van der Waals surface area contributed by atoms with Crippen LogP contribution >= 0.6 is 0 Å². The Labute approximate surface area is 399 Å². The van der Waals surface area contributed by atoms with Crippen LogP contribution in [-0.2, 0) is 33.1 Å². The summed E-state index contributed by atoms with van der Waals surface area (Å²) in [6.07, 6.45) is 28.2. The number of rotatable bonds is 30. The van der Waals surface area contributed by atoms with Crippen molar-refractivity contribution in [3.63, 3.8) is 0 Å². The van der Waals surface area contributed by atoms with Crippen LogP contribution in [0.15, 0.2) is 107 Å². The van der Waals surface area contributed by atoms with E-state index in [2.05, 4.69) is 13.8 Å². The fraction of sp³-hybridized carbons (Fsp3) is 0.520. The summed E-state index contributed by atoms with van der Waals surface area (Å²) in [7, 11) is -9.25. The molecule has 332 valence electrons. The first-order chi connectivity index (χ1) is 29.0. The Hall–Kier alpha value is -2.44. The summed E-state index contributed by atoms with van der Waals surface area (Å²) in [6.45, 7) is 4.48. The van der Waals surface area contributed by atoms with Gasteiger partial charge < -0.3 is 18.6 Å². The van der Waals surface area contributed by atoms with Crippen molar-refractivity contribution in [2.24, 2.45) is 0 Å². The molecule has 0 saturated carbocycles. The molecule has 0 spiro atoms. The summed E-state index contributed by atoms with van der Waals surface area (Å²) in [5.74, 6) is 1.23. The van der Waals surface area contributed by atoms with Gasteiger partial charge >= 0.3 is 37.7 Å². The summed E-state index contributed by atoms with van der Waals surface area (Å²) < 4.78 is 83.0. The first kappa shape index (κ1) is 54.7. The number of aryl methyl sites for hydroxylation is 2. The Kier molecular flexibility index (Phi) is 28.9. The van der Waals surface area contributed by atoms with Crippen molar-refractivity contribution < 1.29 is 35.4 Å². The summed E-state index contributed by atoms with van der Waals surface area (Å²) in [5.41, 5.74) is 1.10. The van der Waals surface area contributed by atoms with E-state index in [0.717, 1.165) is 38.5 Å². The third kappa shape index (κ3) is 23.2. The van der Waals surface area contributed by atoms with E-state index in [1.165, 1.54) is 103 Å². The van der Waals surface area contributed by atoms with Crippen LogP contribution in [0.1, 0.15) is 166 Å². The molecule has 4 aromatic carbocycles. The molecule has 0 radical (unpaired) electrons. The van der Waals surface area contributed by atoms with Gasteiger partial charge in [-0.25, -0.2) is 16.8 Å². The first-order valence-corrected chi connectivity index (χ1v) is 25.5. The average Bonchev–Trinajstić information content (AvgIpc) is 3.22. The monoisotopic (exact) mass is 902 g/mol.